The van der Waals surface area contributed by atoms with Gasteiger partial charge in [0.2, 0.25) is 0 Å². The van der Waals surface area contributed by atoms with Crippen molar-refractivity contribution in [2.75, 3.05) is 31.1 Å². The maximum atomic E-state index is 12.6. The van der Waals surface area contributed by atoms with Crippen LogP contribution in [-0.2, 0) is 0 Å². The minimum atomic E-state index is -0.0668. The van der Waals surface area contributed by atoms with Crippen molar-refractivity contribution in [3.05, 3.63) is 29.8 Å². The first-order chi connectivity index (χ1) is 10.8. The van der Waals surface area contributed by atoms with E-state index < -0.39 is 0 Å². The summed E-state index contributed by atoms with van der Waals surface area (Å²) in [7, 11) is 0. The first-order valence-electron chi connectivity index (χ1n) is 8.20. The molecule has 0 unspecified atom stereocenters. The van der Waals surface area contributed by atoms with Gasteiger partial charge in [0.25, 0.3) is 5.91 Å². The van der Waals surface area contributed by atoms with Crippen LogP contribution in [0.2, 0.25) is 0 Å². The van der Waals surface area contributed by atoms with Crippen molar-refractivity contribution in [2.24, 2.45) is 0 Å². The average molecular weight is 301 g/mol. The van der Waals surface area contributed by atoms with Gasteiger partial charge in [-0.05, 0) is 37.1 Å². The summed E-state index contributed by atoms with van der Waals surface area (Å²) in [5.41, 5.74) is 1.56. The number of urea groups is 1. The van der Waals surface area contributed by atoms with Gasteiger partial charge in [-0.1, -0.05) is 19.3 Å². The number of rotatable bonds is 2. The lowest BCUT2D eigenvalue weighted by atomic mass is 10.1. The fraction of sp³-hybridized carbons (Fsp3) is 0.529. The van der Waals surface area contributed by atoms with Gasteiger partial charge in [-0.25, -0.2) is 4.79 Å². The molecule has 1 N–H and O–H groups in total. The summed E-state index contributed by atoms with van der Waals surface area (Å²) in [5, 5.41) is 2.78. The quantitative estimate of drug-likeness (QED) is 0.913. The van der Waals surface area contributed by atoms with Crippen LogP contribution in [0.25, 0.3) is 0 Å². The highest BCUT2D eigenvalue weighted by Crippen LogP contribution is 2.19. The van der Waals surface area contributed by atoms with E-state index in [-0.39, 0.29) is 11.9 Å². The Morgan fingerprint density at radius 3 is 2.14 bits per heavy atom. The second kappa shape index (κ2) is 6.81. The van der Waals surface area contributed by atoms with Crippen LogP contribution in [0.1, 0.15) is 42.5 Å². The summed E-state index contributed by atoms with van der Waals surface area (Å²) >= 11 is 0. The van der Waals surface area contributed by atoms with Gasteiger partial charge in [-0.3, -0.25) is 9.69 Å². The molecule has 2 aliphatic rings. The third kappa shape index (κ3) is 3.24. The number of hydrogen-bond acceptors (Lipinski definition) is 2. The molecule has 118 valence electrons. The van der Waals surface area contributed by atoms with Crippen LogP contribution < -0.4 is 10.2 Å². The molecule has 1 aromatic rings. The Bertz CT molecular complexity index is 533. The minimum absolute atomic E-state index is 0.0668. The van der Waals surface area contributed by atoms with Gasteiger partial charge in [0.05, 0.1) is 0 Å². The molecule has 0 aromatic heterocycles. The number of benzene rings is 1. The van der Waals surface area contributed by atoms with Crippen LogP contribution >= 0.6 is 0 Å². The Morgan fingerprint density at radius 1 is 0.909 bits per heavy atom. The minimum Gasteiger partial charge on any atom is -0.339 e. The number of hydrogen-bond donors (Lipinski definition) is 1. The Kier molecular flexibility index (Phi) is 4.61. The number of carbonyl (C=O) groups excluding carboxylic acids is 2. The van der Waals surface area contributed by atoms with Crippen molar-refractivity contribution in [1.29, 1.82) is 0 Å². The molecule has 0 spiro atoms. The Balaban J connectivity index is 1.68. The maximum absolute atomic E-state index is 12.6. The van der Waals surface area contributed by atoms with E-state index in [4.69, 9.17) is 0 Å². The van der Waals surface area contributed by atoms with Crippen LogP contribution in [0.5, 0.6) is 0 Å². The average Bonchev–Trinajstić information content (AvgIpc) is 2.93. The Hall–Kier alpha value is -2.04. The number of nitrogens with one attached hydrogen (secondary N) is 1. The summed E-state index contributed by atoms with van der Waals surface area (Å²) in [4.78, 5) is 27.9. The monoisotopic (exact) mass is 301 g/mol. The fourth-order valence-electron chi connectivity index (χ4n) is 3.14. The molecule has 0 atom stereocenters. The zero-order valence-corrected chi connectivity index (χ0v) is 12.9. The highest BCUT2D eigenvalue weighted by Gasteiger charge is 2.22. The molecule has 2 fully saturated rings. The molecule has 0 bridgehead atoms. The van der Waals surface area contributed by atoms with Crippen molar-refractivity contribution < 1.29 is 9.59 Å². The molecule has 0 aliphatic carbocycles. The molecule has 22 heavy (non-hydrogen) atoms. The lowest BCUT2D eigenvalue weighted by Crippen LogP contribution is -2.33. The van der Waals surface area contributed by atoms with Crippen LogP contribution in [0.15, 0.2) is 24.3 Å². The molecule has 2 saturated heterocycles. The van der Waals surface area contributed by atoms with E-state index in [1.54, 1.807) is 4.90 Å². The van der Waals surface area contributed by atoms with Gasteiger partial charge >= 0.3 is 6.03 Å². The number of anilines is 1. The van der Waals surface area contributed by atoms with Gasteiger partial charge < -0.3 is 10.2 Å². The number of amides is 3. The molecule has 5 heteroatoms. The number of carbonyl (C=O) groups is 2. The highest BCUT2D eigenvalue weighted by molar-refractivity contribution is 5.97. The molecule has 5 nitrogen and oxygen atoms in total. The standard InChI is InChI=1S/C17H23N3O2/c21-16(19-11-4-2-1-3-5-12-19)14-6-8-15(9-7-14)20-13-10-18-17(20)22/h6-9H,1-5,10-13H2,(H,18,22). The predicted molar refractivity (Wildman–Crippen MR) is 86.2 cm³/mol. The van der Waals surface area contributed by atoms with Crippen LogP contribution in [-0.4, -0.2) is 43.0 Å². The highest BCUT2D eigenvalue weighted by atomic mass is 16.2. The Labute approximate surface area is 131 Å². The van der Waals surface area contributed by atoms with Crippen molar-refractivity contribution in [3.8, 4) is 0 Å². The van der Waals surface area contributed by atoms with Gasteiger partial charge in [0, 0.05) is 37.4 Å². The number of nitrogens with zero attached hydrogens (tertiary/aromatic N) is 2. The van der Waals surface area contributed by atoms with Gasteiger partial charge in [-0.2, -0.15) is 0 Å². The normalized spacial score (nSPS) is 19.5. The predicted octanol–water partition coefficient (Wildman–Crippen LogP) is 2.62. The lowest BCUT2D eigenvalue weighted by molar-refractivity contribution is 0.0742. The lowest BCUT2D eigenvalue weighted by Gasteiger charge is -2.25. The summed E-state index contributed by atoms with van der Waals surface area (Å²) in [6.45, 7) is 3.07. The molecule has 0 saturated carbocycles. The molecule has 3 amide bonds. The summed E-state index contributed by atoms with van der Waals surface area (Å²) < 4.78 is 0. The van der Waals surface area contributed by atoms with Crippen LogP contribution in [0.3, 0.4) is 0 Å². The molecular weight excluding hydrogens is 278 g/mol. The molecule has 0 radical (unpaired) electrons. The van der Waals surface area contributed by atoms with E-state index in [9.17, 15) is 9.59 Å². The summed E-state index contributed by atoms with van der Waals surface area (Å²) in [6.07, 6.45) is 5.91. The van der Waals surface area contributed by atoms with E-state index in [0.717, 1.165) is 31.6 Å². The molecule has 1 aromatic carbocycles. The van der Waals surface area contributed by atoms with Gasteiger partial charge in [0.15, 0.2) is 0 Å². The third-order valence-corrected chi connectivity index (χ3v) is 4.43. The van der Waals surface area contributed by atoms with E-state index in [1.807, 2.05) is 29.2 Å². The first-order valence-corrected chi connectivity index (χ1v) is 8.20. The third-order valence-electron chi connectivity index (χ3n) is 4.43. The smallest absolute Gasteiger partial charge is 0.321 e. The van der Waals surface area contributed by atoms with Crippen LogP contribution in [0, 0.1) is 0 Å². The van der Waals surface area contributed by atoms with Crippen molar-refractivity contribution >= 4 is 17.6 Å². The van der Waals surface area contributed by atoms with Crippen LogP contribution in [0.4, 0.5) is 10.5 Å². The zero-order chi connectivity index (χ0) is 15.4. The summed E-state index contributed by atoms with van der Waals surface area (Å²) in [6, 6.07) is 7.33. The van der Waals surface area contributed by atoms with Crippen molar-refractivity contribution in [2.45, 2.75) is 32.1 Å². The molecule has 3 rings (SSSR count). The van der Waals surface area contributed by atoms with E-state index in [2.05, 4.69) is 5.32 Å². The Morgan fingerprint density at radius 2 is 1.55 bits per heavy atom. The molecular formula is C17H23N3O2. The van der Waals surface area contributed by atoms with E-state index in [1.165, 1.54) is 19.3 Å². The second-order valence-corrected chi connectivity index (χ2v) is 5.99. The van der Waals surface area contributed by atoms with Crippen molar-refractivity contribution in [1.82, 2.24) is 10.2 Å². The largest absolute Gasteiger partial charge is 0.339 e. The van der Waals surface area contributed by atoms with Crippen molar-refractivity contribution in [3.63, 3.8) is 0 Å². The molecule has 2 aliphatic heterocycles. The van der Waals surface area contributed by atoms with Gasteiger partial charge in [0.1, 0.15) is 0 Å². The van der Waals surface area contributed by atoms with Gasteiger partial charge in [-0.15, -0.1) is 0 Å². The summed E-state index contributed by atoms with van der Waals surface area (Å²) in [5.74, 6) is 0.110. The first kappa shape index (κ1) is 14.9. The zero-order valence-electron chi connectivity index (χ0n) is 12.9. The fourth-order valence-corrected chi connectivity index (χ4v) is 3.14. The molecule has 2 heterocycles. The second-order valence-electron chi connectivity index (χ2n) is 5.99. The number of likely N-dealkylation sites (tertiary alicyclic amines) is 1. The maximum Gasteiger partial charge on any atom is 0.321 e. The van der Waals surface area contributed by atoms with E-state index >= 15 is 0 Å². The van der Waals surface area contributed by atoms with E-state index in [0.29, 0.717) is 18.7 Å². The topological polar surface area (TPSA) is 52.7 Å². The SMILES string of the molecule is O=C(c1ccc(N2CCNC2=O)cc1)N1CCCCCCC1.